The first-order valence-corrected chi connectivity index (χ1v) is 3.94. The van der Waals surface area contributed by atoms with E-state index in [9.17, 15) is 0 Å². The van der Waals surface area contributed by atoms with E-state index < -0.39 is 11.4 Å². The first-order chi connectivity index (χ1) is 4.98. The van der Waals surface area contributed by atoms with Crippen LogP contribution in [-0.4, -0.2) is 11.4 Å². The molecule has 2 rings (SSSR count). The molecule has 2 unspecified atom stereocenters. The minimum atomic E-state index is -0.543. The molecular weight excluding hydrogens is 140 g/mol. The van der Waals surface area contributed by atoms with Crippen LogP contribution in [0, 0.1) is 0 Å². The van der Waals surface area contributed by atoms with Gasteiger partial charge in [0, 0.05) is 0 Å². The standard InChI is InChI=1S/C8H14N2O/c1-5-6(2)8(10)4-3-7(5,9)11-8/h3-4,9-10H2,1-2H3. The Morgan fingerprint density at radius 3 is 1.64 bits per heavy atom. The average molecular weight is 154 g/mol. The van der Waals surface area contributed by atoms with Gasteiger partial charge in [-0.2, -0.15) is 0 Å². The predicted octanol–water partition coefficient (Wildman–Crippen LogP) is 0.457. The van der Waals surface area contributed by atoms with Gasteiger partial charge >= 0.3 is 0 Å². The zero-order valence-corrected chi connectivity index (χ0v) is 6.98. The van der Waals surface area contributed by atoms with Gasteiger partial charge in [-0.3, -0.25) is 11.5 Å². The molecule has 0 aromatic rings. The van der Waals surface area contributed by atoms with Crippen LogP contribution in [0.3, 0.4) is 0 Å². The number of rotatable bonds is 0. The van der Waals surface area contributed by atoms with Crippen molar-refractivity contribution in [1.82, 2.24) is 0 Å². The predicted molar refractivity (Wildman–Crippen MR) is 42.5 cm³/mol. The van der Waals surface area contributed by atoms with Crippen LogP contribution >= 0.6 is 0 Å². The fourth-order valence-electron chi connectivity index (χ4n) is 1.96. The molecule has 0 amide bonds. The largest absolute Gasteiger partial charge is 0.332 e. The number of hydrogen-bond acceptors (Lipinski definition) is 3. The Morgan fingerprint density at radius 2 is 1.45 bits per heavy atom. The number of hydrogen-bond donors (Lipinski definition) is 2. The quantitative estimate of drug-likeness (QED) is 0.498. The lowest BCUT2D eigenvalue weighted by Gasteiger charge is -2.20. The molecule has 2 aliphatic rings. The Labute approximate surface area is 66.4 Å². The molecule has 0 aromatic heterocycles. The van der Waals surface area contributed by atoms with Crippen LogP contribution in [0.1, 0.15) is 26.7 Å². The Kier molecular flexibility index (Phi) is 1.11. The van der Waals surface area contributed by atoms with E-state index in [2.05, 4.69) is 0 Å². The molecule has 1 saturated heterocycles. The van der Waals surface area contributed by atoms with Gasteiger partial charge in [0.05, 0.1) is 0 Å². The van der Waals surface area contributed by atoms with Gasteiger partial charge in [0.2, 0.25) is 0 Å². The lowest BCUT2D eigenvalue weighted by Crippen LogP contribution is -2.41. The Hall–Kier alpha value is -0.380. The third-order valence-electron chi connectivity index (χ3n) is 3.06. The maximum Gasteiger partial charge on any atom is 0.141 e. The molecule has 2 heterocycles. The van der Waals surface area contributed by atoms with Crippen LogP contribution in [0.25, 0.3) is 0 Å². The zero-order valence-electron chi connectivity index (χ0n) is 6.98. The van der Waals surface area contributed by atoms with Gasteiger partial charge in [-0.1, -0.05) is 0 Å². The SMILES string of the molecule is CC1=C(C)C2(N)CCC1(N)O2. The molecule has 0 aromatic carbocycles. The smallest absolute Gasteiger partial charge is 0.141 e. The highest BCUT2D eigenvalue weighted by atomic mass is 16.6. The molecule has 1 fully saturated rings. The summed E-state index contributed by atoms with van der Waals surface area (Å²) >= 11 is 0. The van der Waals surface area contributed by atoms with E-state index in [-0.39, 0.29) is 0 Å². The average Bonchev–Trinajstić information content (AvgIpc) is 2.32. The van der Waals surface area contributed by atoms with Crippen LogP contribution in [0.2, 0.25) is 0 Å². The van der Waals surface area contributed by atoms with Gasteiger partial charge in [-0.05, 0) is 37.8 Å². The van der Waals surface area contributed by atoms with Crippen LogP contribution < -0.4 is 11.5 Å². The Balaban J connectivity index is 2.52. The second-order valence-electron chi connectivity index (χ2n) is 3.63. The minimum absolute atomic E-state index is 0.543. The summed E-state index contributed by atoms with van der Waals surface area (Å²) in [5.41, 5.74) is 13.1. The molecule has 0 saturated carbocycles. The van der Waals surface area contributed by atoms with Crippen molar-refractivity contribution in [2.45, 2.75) is 38.1 Å². The van der Waals surface area contributed by atoms with Crippen molar-refractivity contribution in [3.8, 4) is 0 Å². The second-order valence-corrected chi connectivity index (χ2v) is 3.63. The van der Waals surface area contributed by atoms with Crippen molar-refractivity contribution in [2.24, 2.45) is 11.5 Å². The van der Waals surface area contributed by atoms with Crippen molar-refractivity contribution in [1.29, 1.82) is 0 Å². The van der Waals surface area contributed by atoms with Gasteiger partial charge in [0.1, 0.15) is 11.4 Å². The van der Waals surface area contributed by atoms with Gasteiger partial charge in [-0.15, -0.1) is 0 Å². The first kappa shape index (κ1) is 7.28. The molecule has 3 heteroatoms. The van der Waals surface area contributed by atoms with E-state index in [4.69, 9.17) is 16.2 Å². The molecule has 4 N–H and O–H groups in total. The van der Waals surface area contributed by atoms with E-state index >= 15 is 0 Å². The monoisotopic (exact) mass is 154 g/mol. The summed E-state index contributed by atoms with van der Waals surface area (Å²) in [6, 6.07) is 0. The Bertz CT molecular complexity index is 224. The van der Waals surface area contributed by atoms with Crippen LogP contribution in [0.5, 0.6) is 0 Å². The second kappa shape index (κ2) is 1.68. The van der Waals surface area contributed by atoms with Gasteiger partial charge in [-0.25, -0.2) is 0 Å². The lowest BCUT2D eigenvalue weighted by atomic mass is 9.87. The molecule has 0 spiro atoms. The minimum Gasteiger partial charge on any atom is -0.332 e. The first-order valence-electron chi connectivity index (χ1n) is 3.94. The highest BCUT2D eigenvalue weighted by Crippen LogP contribution is 2.48. The fraction of sp³-hybridized carbons (Fsp3) is 0.750. The molecule has 62 valence electrons. The Morgan fingerprint density at radius 1 is 1.09 bits per heavy atom. The summed E-state index contributed by atoms with van der Waals surface area (Å²) in [5, 5.41) is 0. The fourth-order valence-corrected chi connectivity index (χ4v) is 1.96. The van der Waals surface area contributed by atoms with E-state index in [1.807, 2.05) is 13.8 Å². The molecule has 3 nitrogen and oxygen atoms in total. The molecule has 11 heavy (non-hydrogen) atoms. The lowest BCUT2D eigenvalue weighted by molar-refractivity contribution is -0.0326. The van der Waals surface area contributed by atoms with Crippen LogP contribution in [0.15, 0.2) is 11.1 Å². The summed E-state index contributed by atoms with van der Waals surface area (Å²) < 4.78 is 5.55. The molecule has 0 radical (unpaired) electrons. The summed E-state index contributed by atoms with van der Waals surface area (Å²) in [4.78, 5) is 0. The molecular formula is C8H14N2O. The topological polar surface area (TPSA) is 61.3 Å². The van der Waals surface area contributed by atoms with Gasteiger partial charge in [0.25, 0.3) is 0 Å². The normalized spacial score (nSPS) is 49.1. The number of nitrogens with two attached hydrogens (primary N) is 2. The van der Waals surface area contributed by atoms with Crippen LogP contribution in [0.4, 0.5) is 0 Å². The van der Waals surface area contributed by atoms with Crippen LogP contribution in [-0.2, 0) is 4.74 Å². The van der Waals surface area contributed by atoms with Crippen molar-refractivity contribution in [3.05, 3.63) is 11.1 Å². The highest BCUT2D eigenvalue weighted by Gasteiger charge is 2.54. The van der Waals surface area contributed by atoms with Gasteiger partial charge in [0.15, 0.2) is 0 Å². The van der Waals surface area contributed by atoms with Crippen molar-refractivity contribution in [3.63, 3.8) is 0 Å². The van der Waals surface area contributed by atoms with Gasteiger partial charge < -0.3 is 4.74 Å². The molecule has 0 aliphatic carbocycles. The molecule has 2 aliphatic heterocycles. The van der Waals surface area contributed by atoms with Crippen molar-refractivity contribution < 1.29 is 4.74 Å². The van der Waals surface area contributed by atoms with Crippen molar-refractivity contribution >= 4 is 0 Å². The van der Waals surface area contributed by atoms with E-state index in [1.54, 1.807) is 0 Å². The van der Waals surface area contributed by atoms with E-state index in [1.165, 1.54) is 0 Å². The maximum absolute atomic E-state index is 5.96. The zero-order chi connectivity index (χ0) is 8.28. The number of ether oxygens (including phenoxy) is 1. The molecule has 2 bridgehead atoms. The maximum atomic E-state index is 5.96. The summed E-state index contributed by atoms with van der Waals surface area (Å²) in [7, 11) is 0. The molecule has 2 atom stereocenters. The number of fused-ring (bicyclic) bond motifs is 2. The highest BCUT2D eigenvalue weighted by molar-refractivity contribution is 5.36. The third-order valence-corrected chi connectivity index (χ3v) is 3.06. The summed E-state index contributed by atoms with van der Waals surface area (Å²) in [6.07, 6.45) is 1.71. The third kappa shape index (κ3) is 0.682. The van der Waals surface area contributed by atoms with E-state index in [0.717, 1.165) is 24.0 Å². The summed E-state index contributed by atoms with van der Waals surface area (Å²) in [6.45, 7) is 4.01. The van der Waals surface area contributed by atoms with E-state index in [0.29, 0.717) is 0 Å². The summed E-state index contributed by atoms with van der Waals surface area (Å²) in [5.74, 6) is 0. The van der Waals surface area contributed by atoms with Crippen molar-refractivity contribution in [2.75, 3.05) is 0 Å².